The molecule has 0 radical (unpaired) electrons. The highest BCUT2D eigenvalue weighted by atomic mass is 15.2. The number of hydrogen-bond acceptors (Lipinski definition) is 5. The van der Waals surface area contributed by atoms with E-state index in [1.807, 2.05) is 60.7 Å². The zero-order valence-corrected chi connectivity index (χ0v) is 29.7. The number of allylic oxidation sites excluding steroid dienone is 3. The molecule has 254 valence electrons. The van der Waals surface area contributed by atoms with Crippen LogP contribution in [-0.4, -0.2) is 15.0 Å². The second kappa shape index (κ2) is 12.3. The van der Waals surface area contributed by atoms with E-state index in [4.69, 9.17) is 15.0 Å². The first-order valence-electron chi connectivity index (χ1n) is 18.3. The van der Waals surface area contributed by atoms with Crippen LogP contribution < -0.4 is 9.80 Å². The first kappa shape index (κ1) is 31.2. The zero-order valence-electron chi connectivity index (χ0n) is 29.7. The fraction of sp³-hybridized carbons (Fsp3) is 0.104. The summed E-state index contributed by atoms with van der Waals surface area (Å²) < 4.78 is 0. The number of aromatic nitrogens is 3. The topological polar surface area (TPSA) is 45.2 Å². The molecule has 0 spiro atoms. The van der Waals surface area contributed by atoms with Crippen molar-refractivity contribution in [2.24, 2.45) is 0 Å². The zero-order chi connectivity index (χ0) is 35.5. The fourth-order valence-corrected chi connectivity index (χ4v) is 8.47. The summed E-state index contributed by atoms with van der Waals surface area (Å²) in [6.45, 7) is 4.76. The van der Waals surface area contributed by atoms with Crippen LogP contribution in [0.5, 0.6) is 0 Å². The van der Waals surface area contributed by atoms with Gasteiger partial charge in [-0.25, -0.2) is 15.0 Å². The minimum atomic E-state index is -0.190. The van der Waals surface area contributed by atoms with Crippen molar-refractivity contribution >= 4 is 22.7 Å². The summed E-state index contributed by atoms with van der Waals surface area (Å²) in [5, 5.41) is 0. The molecule has 1 atom stereocenters. The SMILES string of the molecule is CC1(C)C2=CCC3C(=C2N(c2ccc(-c4nc(-c5ccccc5)nc(-c5ccccc5)n4)cc2)c2ccccc21)N(c1ccccc1)c1ccccc13. The molecule has 7 aromatic rings. The van der Waals surface area contributed by atoms with Gasteiger partial charge in [0.15, 0.2) is 17.5 Å². The molecule has 1 aliphatic carbocycles. The van der Waals surface area contributed by atoms with E-state index >= 15 is 0 Å². The Morgan fingerprint density at radius 1 is 0.491 bits per heavy atom. The molecule has 3 aliphatic rings. The first-order chi connectivity index (χ1) is 26.1. The quantitative estimate of drug-likeness (QED) is 0.181. The molecule has 0 bridgehead atoms. The number of para-hydroxylation sites is 3. The highest BCUT2D eigenvalue weighted by Gasteiger charge is 2.47. The van der Waals surface area contributed by atoms with Crippen molar-refractivity contribution in [3.63, 3.8) is 0 Å². The lowest BCUT2D eigenvalue weighted by Gasteiger charge is -2.47. The molecular weight excluding hydrogens is 647 g/mol. The van der Waals surface area contributed by atoms with Gasteiger partial charge in [0.25, 0.3) is 0 Å². The Hall–Kier alpha value is -6.59. The van der Waals surface area contributed by atoms with E-state index in [1.54, 1.807) is 0 Å². The molecular formula is C48H37N5. The Labute approximate surface area is 310 Å². The average molecular weight is 684 g/mol. The lowest BCUT2D eigenvalue weighted by molar-refractivity contribution is 0.591. The number of anilines is 4. The molecule has 6 aromatic carbocycles. The van der Waals surface area contributed by atoms with E-state index in [0.717, 1.165) is 28.8 Å². The van der Waals surface area contributed by atoms with Crippen molar-refractivity contribution < 1.29 is 0 Å². The highest BCUT2D eigenvalue weighted by Crippen LogP contribution is 2.60. The van der Waals surface area contributed by atoms with Crippen molar-refractivity contribution in [2.75, 3.05) is 9.80 Å². The molecule has 0 N–H and O–H groups in total. The fourth-order valence-electron chi connectivity index (χ4n) is 8.47. The third kappa shape index (κ3) is 5.03. The van der Waals surface area contributed by atoms with Crippen LogP contribution in [0.3, 0.4) is 0 Å². The van der Waals surface area contributed by atoms with Crippen LogP contribution in [0.4, 0.5) is 22.7 Å². The summed E-state index contributed by atoms with van der Waals surface area (Å²) in [4.78, 5) is 19.9. The van der Waals surface area contributed by atoms with E-state index in [2.05, 4.69) is 133 Å². The van der Waals surface area contributed by atoms with Gasteiger partial charge in [0, 0.05) is 45.1 Å². The molecule has 3 heterocycles. The molecule has 1 aromatic heterocycles. The van der Waals surface area contributed by atoms with E-state index < -0.39 is 0 Å². The van der Waals surface area contributed by atoms with Crippen molar-refractivity contribution in [1.29, 1.82) is 0 Å². The van der Waals surface area contributed by atoms with Gasteiger partial charge in [0.05, 0.1) is 17.1 Å². The smallest absolute Gasteiger partial charge is 0.164 e. The van der Waals surface area contributed by atoms with Crippen LogP contribution >= 0.6 is 0 Å². The summed E-state index contributed by atoms with van der Waals surface area (Å²) in [7, 11) is 0. The maximum Gasteiger partial charge on any atom is 0.164 e. The maximum atomic E-state index is 5.01. The number of hydrogen-bond donors (Lipinski definition) is 0. The number of rotatable bonds is 5. The van der Waals surface area contributed by atoms with Crippen molar-refractivity contribution in [3.05, 3.63) is 198 Å². The number of nitrogens with zero attached hydrogens (tertiary/aromatic N) is 5. The monoisotopic (exact) mass is 683 g/mol. The van der Waals surface area contributed by atoms with Crippen LogP contribution in [0.15, 0.2) is 187 Å². The lowest BCUT2D eigenvalue weighted by Crippen LogP contribution is -2.39. The normalized spacial score (nSPS) is 16.7. The first-order valence-corrected chi connectivity index (χ1v) is 18.3. The Balaban J connectivity index is 1.16. The molecule has 0 saturated carbocycles. The average Bonchev–Trinajstić information content (AvgIpc) is 3.57. The summed E-state index contributed by atoms with van der Waals surface area (Å²) in [5.74, 6) is 2.20. The van der Waals surface area contributed by atoms with Gasteiger partial charge in [0.2, 0.25) is 0 Å². The second-order valence-corrected chi connectivity index (χ2v) is 14.4. The van der Waals surface area contributed by atoms with Crippen molar-refractivity contribution in [2.45, 2.75) is 31.6 Å². The Bertz CT molecular complexity index is 2500. The molecule has 1 unspecified atom stereocenters. The third-order valence-corrected chi connectivity index (χ3v) is 11.0. The standard InChI is InChI=1S/C48H37N5/c1-48(2)39-23-13-15-25-42(39)53(44-40(48)31-30-38-37-22-12-14-24-41(37)52(43(38)44)35-20-10-5-11-21-35)36-28-26-34(27-29-36)47-50-45(32-16-6-3-7-17-32)49-46(51-47)33-18-8-4-9-19-33/h3-29,31,38H,30H2,1-2H3. The second-order valence-electron chi connectivity index (χ2n) is 14.4. The van der Waals surface area contributed by atoms with Gasteiger partial charge in [0.1, 0.15) is 0 Å². The Kier molecular flexibility index (Phi) is 7.22. The minimum absolute atomic E-state index is 0.190. The Morgan fingerprint density at radius 3 is 1.60 bits per heavy atom. The van der Waals surface area contributed by atoms with E-state index in [9.17, 15) is 0 Å². The molecule has 0 amide bonds. The maximum absolute atomic E-state index is 5.01. The minimum Gasteiger partial charge on any atom is -0.311 e. The summed E-state index contributed by atoms with van der Waals surface area (Å²) in [6.07, 6.45) is 3.47. The lowest BCUT2D eigenvalue weighted by atomic mass is 9.68. The number of benzene rings is 6. The molecule has 2 aliphatic heterocycles. The van der Waals surface area contributed by atoms with Gasteiger partial charge < -0.3 is 9.80 Å². The molecule has 5 heteroatoms. The van der Waals surface area contributed by atoms with Crippen LogP contribution in [0.1, 0.15) is 37.3 Å². The van der Waals surface area contributed by atoms with Gasteiger partial charge in [-0.3, -0.25) is 0 Å². The molecule has 0 saturated heterocycles. The van der Waals surface area contributed by atoms with E-state index in [0.29, 0.717) is 17.5 Å². The predicted molar refractivity (Wildman–Crippen MR) is 215 cm³/mol. The van der Waals surface area contributed by atoms with E-state index in [-0.39, 0.29) is 11.3 Å². The predicted octanol–water partition coefficient (Wildman–Crippen LogP) is 11.8. The largest absolute Gasteiger partial charge is 0.311 e. The van der Waals surface area contributed by atoms with Crippen LogP contribution in [0.2, 0.25) is 0 Å². The highest BCUT2D eigenvalue weighted by molar-refractivity contribution is 5.87. The van der Waals surface area contributed by atoms with Gasteiger partial charge in [-0.05, 0) is 71.7 Å². The van der Waals surface area contributed by atoms with Crippen LogP contribution in [0.25, 0.3) is 34.2 Å². The number of fused-ring (bicyclic) bond motifs is 5. The van der Waals surface area contributed by atoms with Gasteiger partial charge >= 0.3 is 0 Å². The summed E-state index contributed by atoms with van der Waals surface area (Å²) in [5.41, 5.74) is 14.0. The van der Waals surface area contributed by atoms with Crippen molar-refractivity contribution in [1.82, 2.24) is 15.0 Å². The summed E-state index contributed by atoms with van der Waals surface area (Å²) >= 11 is 0. The van der Waals surface area contributed by atoms with Gasteiger partial charge in [-0.2, -0.15) is 0 Å². The molecule has 10 rings (SSSR count). The molecule has 53 heavy (non-hydrogen) atoms. The summed E-state index contributed by atoms with van der Waals surface area (Å²) in [6, 6.07) is 57.7. The molecule has 0 fully saturated rings. The third-order valence-electron chi connectivity index (χ3n) is 11.0. The van der Waals surface area contributed by atoms with Crippen LogP contribution in [0, 0.1) is 0 Å². The van der Waals surface area contributed by atoms with Gasteiger partial charge in [-0.1, -0.05) is 135 Å². The van der Waals surface area contributed by atoms with Gasteiger partial charge in [-0.15, -0.1) is 0 Å². The molecule has 5 nitrogen and oxygen atoms in total. The van der Waals surface area contributed by atoms with Crippen molar-refractivity contribution in [3.8, 4) is 34.2 Å². The van der Waals surface area contributed by atoms with Crippen LogP contribution in [-0.2, 0) is 5.41 Å². The Morgan fingerprint density at radius 2 is 0.981 bits per heavy atom. The van der Waals surface area contributed by atoms with E-state index in [1.165, 1.54) is 45.2 Å².